The first-order valence-corrected chi connectivity index (χ1v) is 19.8. The molecule has 4 heterocycles. The van der Waals surface area contributed by atoms with Crippen LogP contribution in [0.4, 0.5) is 17.6 Å². The maximum atomic E-state index is 5.40. The molecule has 1 spiro atoms. The van der Waals surface area contributed by atoms with Gasteiger partial charge in [-0.1, -0.05) is 0 Å². The van der Waals surface area contributed by atoms with Crippen molar-refractivity contribution in [1.82, 2.24) is 17.0 Å². The van der Waals surface area contributed by atoms with E-state index in [1.165, 1.54) is 42.4 Å². The Kier molecular flexibility index (Phi) is 5.87. The quantitative estimate of drug-likeness (QED) is 0.181. The van der Waals surface area contributed by atoms with Crippen LogP contribution < -0.4 is 13.7 Å². The Morgan fingerprint density at radius 3 is 1.33 bits per heavy atom. The summed E-state index contributed by atoms with van der Waals surface area (Å²) in [5, 5.41) is 0. The van der Waals surface area contributed by atoms with Crippen molar-refractivity contribution >= 4 is 40.1 Å². The van der Waals surface area contributed by atoms with E-state index in [0.717, 1.165) is 40.1 Å². The summed E-state index contributed by atoms with van der Waals surface area (Å²) in [6.45, 7) is 8.80. The molecule has 0 aliphatic carbocycles. The van der Waals surface area contributed by atoms with E-state index in [4.69, 9.17) is 9.97 Å². The molecule has 0 saturated heterocycles. The third-order valence-corrected chi connectivity index (χ3v) is 19.9. The molecule has 222 valence electrons. The van der Waals surface area contributed by atoms with E-state index in [-0.39, 0.29) is 0 Å². The summed E-state index contributed by atoms with van der Waals surface area (Å²) in [5.74, 6) is 1.89. The van der Waals surface area contributed by atoms with Crippen molar-refractivity contribution in [3.8, 4) is 33.4 Å². The predicted octanol–water partition coefficient (Wildman–Crippen LogP) is 8.06. The van der Waals surface area contributed by atoms with Crippen molar-refractivity contribution in [2.75, 3.05) is 4.90 Å². The standard InChI is InChI=1S/C40H33GeN5/c1-26-28(3)45-39(42-26)44(34-24-32(30-15-7-5-8-16-30)23-33(25-34)31-17-9-6-10-18-31)40-43-27(2)29(4)46(40)41(45)37-21-13-11-19-35(37)36-20-12-14-22-38(36)41/h5-25H,1-4H3. The Bertz CT molecular complexity index is 2160. The van der Waals surface area contributed by atoms with Crippen molar-refractivity contribution in [2.45, 2.75) is 27.7 Å². The van der Waals surface area contributed by atoms with Gasteiger partial charge in [-0.25, -0.2) is 0 Å². The van der Waals surface area contributed by atoms with Crippen molar-refractivity contribution in [3.05, 3.63) is 150 Å². The van der Waals surface area contributed by atoms with Crippen LogP contribution >= 0.6 is 0 Å². The van der Waals surface area contributed by atoms with E-state index in [2.05, 4.69) is 167 Å². The van der Waals surface area contributed by atoms with Gasteiger partial charge in [-0.05, 0) is 0 Å². The van der Waals surface area contributed by atoms with E-state index in [0.29, 0.717) is 0 Å². The minimum absolute atomic E-state index is 0.947. The molecule has 6 heteroatoms. The second kappa shape index (κ2) is 9.93. The first-order valence-electron chi connectivity index (χ1n) is 15.9. The molecule has 0 bridgehead atoms. The molecule has 5 aromatic carbocycles. The Morgan fingerprint density at radius 2 is 0.870 bits per heavy atom. The third kappa shape index (κ3) is 3.57. The molecule has 2 aromatic heterocycles. The molecule has 0 saturated carbocycles. The van der Waals surface area contributed by atoms with Gasteiger partial charge in [-0.15, -0.1) is 0 Å². The SMILES string of the molecule is Cc1nc2[n](c1C)[Ge]1([c]3ccccc3-c3cccc[c]31)[n]1c(nc(C)c1C)N2c1cc(-c2ccccc2)cc(-c2ccccc2)c1. The van der Waals surface area contributed by atoms with Gasteiger partial charge >= 0.3 is 273 Å². The van der Waals surface area contributed by atoms with Gasteiger partial charge in [0.2, 0.25) is 0 Å². The molecular formula is C40H33GeN5. The zero-order chi connectivity index (χ0) is 31.2. The van der Waals surface area contributed by atoms with Gasteiger partial charge in [0, 0.05) is 0 Å². The second-order valence-electron chi connectivity index (χ2n) is 12.4. The summed E-state index contributed by atoms with van der Waals surface area (Å²) in [6, 6.07) is 46.3. The second-order valence-corrected chi connectivity index (χ2v) is 19.4. The molecule has 0 N–H and O–H groups in total. The van der Waals surface area contributed by atoms with Crippen molar-refractivity contribution in [1.29, 1.82) is 0 Å². The van der Waals surface area contributed by atoms with Crippen LogP contribution in [0.25, 0.3) is 33.4 Å². The van der Waals surface area contributed by atoms with E-state index in [1.807, 2.05) is 0 Å². The van der Waals surface area contributed by atoms with Crippen LogP contribution in [0.15, 0.2) is 127 Å². The van der Waals surface area contributed by atoms with Crippen LogP contribution in [0.1, 0.15) is 22.8 Å². The summed E-state index contributed by atoms with van der Waals surface area (Å²) >= 11 is -3.70. The number of aryl methyl sites for hydroxylation is 2. The molecule has 9 rings (SSSR count). The molecule has 2 aliphatic heterocycles. The summed E-state index contributed by atoms with van der Waals surface area (Å²) < 4.78 is 8.15. The first-order chi connectivity index (χ1) is 22.5. The van der Waals surface area contributed by atoms with Gasteiger partial charge in [0.1, 0.15) is 0 Å². The molecule has 0 amide bonds. The number of hydrogen-bond donors (Lipinski definition) is 0. The third-order valence-electron chi connectivity index (χ3n) is 9.99. The monoisotopic (exact) mass is 657 g/mol. The van der Waals surface area contributed by atoms with E-state index in [1.54, 1.807) is 0 Å². The Labute approximate surface area is 272 Å². The molecule has 0 unspecified atom stereocenters. The van der Waals surface area contributed by atoms with Crippen LogP contribution in [0.2, 0.25) is 0 Å². The van der Waals surface area contributed by atoms with E-state index >= 15 is 0 Å². The fraction of sp³-hybridized carbons (Fsp3) is 0.100. The van der Waals surface area contributed by atoms with Gasteiger partial charge in [0.15, 0.2) is 0 Å². The van der Waals surface area contributed by atoms with Crippen LogP contribution in [0.3, 0.4) is 0 Å². The number of hydrogen-bond acceptors (Lipinski definition) is 3. The van der Waals surface area contributed by atoms with Crippen LogP contribution in [0.5, 0.6) is 0 Å². The summed E-state index contributed by atoms with van der Waals surface area (Å²) in [4.78, 5) is 13.1. The van der Waals surface area contributed by atoms with Gasteiger partial charge in [0.25, 0.3) is 0 Å². The Hall–Kier alpha value is -5.14. The number of rotatable bonds is 3. The Balaban J connectivity index is 1.40. The first kappa shape index (κ1) is 27.2. The molecule has 5 nitrogen and oxygen atoms in total. The maximum absolute atomic E-state index is 5.40. The summed E-state index contributed by atoms with van der Waals surface area (Å²) in [6.07, 6.45) is 0. The van der Waals surface area contributed by atoms with Crippen molar-refractivity contribution in [2.24, 2.45) is 0 Å². The minimum atomic E-state index is -3.70. The van der Waals surface area contributed by atoms with Gasteiger partial charge in [-0.2, -0.15) is 0 Å². The molecular weight excluding hydrogens is 623 g/mol. The number of benzene rings is 5. The average Bonchev–Trinajstić information content (AvgIpc) is 3.68. The molecule has 0 atom stereocenters. The number of fused-ring (bicyclic) bond motifs is 9. The van der Waals surface area contributed by atoms with Crippen molar-refractivity contribution < 1.29 is 0 Å². The number of nitrogens with zero attached hydrogens (tertiary/aromatic N) is 5. The summed E-state index contributed by atoms with van der Waals surface area (Å²) in [7, 11) is 0. The Morgan fingerprint density at radius 1 is 0.457 bits per heavy atom. The fourth-order valence-corrected chi connectivity index (χ4v) is 19.2. The van der Waals surface area contributed by atoms with E-state index < -0.39 is 13.7 Å². The molecule has 7 aromatic rings. The van der Waals surface area contributed by atoms with E-state index in [9.17, 15) is 0 Å². The number of imidazole rings is 2. The van der Waals surface area contributed by atoms with Gasteiger partial charge in [0.05, 0.1) is 0 Å². The number of aromatic nitrogens is 4. The predicted molar refractivity (Wildman–Crippen MR) is 190 cm³/mol. The molecule has 0 fully saturated rings. The van der Waals surface area contributed by atoms with Gasteiger partial charge in [-0.3, -0.25) is 0 Å². The number of anilines is 3. The van der Waals surface area contributed by atoms with Crippen LogP contribution in [0, 0.1) is 27.7 Å². The van der Waals surface area contributed by atoms with Crippen molar-refractivity contribution in [3.63, 3.8) is 0 Å². The molecule has 46 heavy (non-hydrogen) atoms. The molecule has 2 aliphatic rings. The summed E-state index contributed by atoms with van der Waals surface area (Å²) in [5.41, 5.74) is 12.9. The fourth-order valence-electron chi connectivity index (χ4n) is 7.69. The van der Waals surface area contributed by atoms with Crippen LogP contribution in [-0.2, 0) is 0 Å². The van der Waals surface area contributed by atoms with Gasteiger partial charge < -0.3 is 0 Å². The van der Waals surface area contributed by atoms with Crippen LogP contribution in [-0.4, -0.2) is 30.7 Å². The zero-order valence-electron chi connectivity index (χ0n) is 26.4. The topological polar surface area (TPSA) is 38.9 Å². The normalized spacial score (nSPS) is 13.8. The zero-order valence-corrected chi connectivity index (χ0v) is 28.5. The molecule has 0 radical (unpaired) electrons. The average molecular weight is 656 g/mol.